The Bertz CT molecular complexity index is 1780. The fourth-order valence-electron chi connectivity index (χ4n) is 5.77. The minimum atomic E-state index is -1.71. The second-order valence-corrected chi connectivity index (χ2v) is 14.0. The van der Waals surface area contributed by atoms with E-state index in [1.54, 1.807) is 7.05 Å². The molecule has 0 saturated heterocycles. The molecule has 1 unspecified atom stereocenters. The summed E-state index contributed by atoms with van der Waals surface area (Å²) in [6.45, 7) is 4.47. The van der Waals surface area contributed by atoms with Crippen LogP contribution < -0.4 is 5.73 Å². The summed E-state index contributed by atoms with van der Waals surface area (Å²) >= 11 is 0. The molecule has 0 saturated carbocycles. The Morgan fingerprint density at radius 3 is 1.56 bits per heavy atom. The van der Waals surface area contributed by atoms with Crippen molar-refractivity contribution < 1.29 is 0 Å². The summed E-state index contributed by atoms with van der Waals surface area (Å²) in [5.74, 6) is 0.557. The molecule has 6 aromatic carbocycles. The van der Waals surface area contributed by atoms with Gasteiger partial charge in [0.2, 0.25) is 0 Å². The monoisotopic (exact) mass is 606 g/mol. The van der Waals surface area contributed by atoms with E-state index in [1.807, 2.05) is 0 Å². The zero-order valence-electron chi connectivity index (χ0n) is 26.4. The highest BCUT2D eigenvalue weighted by molar-refractivity contribution is 8.34. The Kier molecular flexibility index (Phi) is 10.7. The van der Waals surface area contributed by atoms with Crippen LogP contribution in [0.1, 0.15) is 34.7 Å². The van der Waals surface area contributed by atoms with E-state index in [9.17, 15) is 0 Å². The first-order chi connectivity index (χ1) is 22.1. The normalized spacial score (nSPS) is 13.2. The van der Waals surface area contributed by atoms with Crippen molar-refractivity contribution in [3.8, 4) is 0 Å². The van der Waals surface area contributed by atoms with Gasteiger partial charge in [-0.3, -0.25) is 4.99 Å². The fourth-order valence-corrected chi connectivity index (χ4v) is 10.1. The van der Waals surface area contributed by atoms with Gasteiger partial charge in [0.25, 0.3) is 0 Å². The first-order valence-corrected chi connectivity index (χ1v) is 17.1. The molecule has 1 atom stereocenters. The second-order valence-electron chi connectivity index (χ2n) is 10.9. The summed E-state index contributed by atoms with van der Waals surface area (Å²) < 4.78 is 0. The van der Waals surface area contributed by atoms with Gasteiger partial charge in [-0.05, 0) is 78.4 Å². The van der Waals surface area contributed by atoms with E-state index in [2.05, 4.69) is 183 Å². The van der Waals surface area contributed by atoms with Crippen LogP contribution in [-0.4, -0.2) is 12.9 Å². The summed E-state index contributed by atoms with van der Waals surface area (Å²) in [6, 6.07) is 58.5. The number of nitrogens with two attached hydrogens (primary N) is 1. The molecular formula is C42H42N2S. The zero-order valence-corrected chi connectivity index (χ0v) is 27.3. The molecule has 0 spiro atoms. The van der Waals surface area contributed by atoms with E-state index < -0.39 is 10.0 Å². The SMILES string of the molecule is CCc1ccccc1S(c1ccccc1)(c1ccc(C(N)=NC)cc1)c1ccccc1C.c1ccc(Cc2ccccc2)cc1. The Balaban J connectivity index is 0.000000256. The van der Waals surface area contributed by atoms with Crippen LogP contribution in [0.15, 0.2) is 188 Å². The lowest BCUT2D eigenvalue weighted by Crippen LogP contribution is -2.13. The van der Waals surface area contributed by atoms with Gasteiger partial charge in [-0.25, -0.2) is 0 Å². The van der Waals surface area contributed by atoms with Gasteiger partial charge in [-0.1, -0.05) is 134 Å². The van der Waals surface area contributed by atoms with E-state index >= 15 is 0 Å². The van der Waals surface area contributed by atoms with Crippen LogP contribution in [0.4, 0.5) is 0 Å². The van der Waals surface area contributed by atoms with Crippen molar-refractivity contribution in [2.75, 3.05) is 7.05 Å². The van der Waals surface area contributed by atoms with Crippen molar-refractivity contribution in [2.45, 2.75) is 46.3 Å². The summed E-state index contributed by atoms with van der Waals surface area (Å²) in [6.07, 6.45) is 2.01. The molecule has 0 aromatic heterocycles. The quantitative estimate of drug-likeness (QED) is 0.136. The first kappa shape index (κ1) is 31.6. The predicted octanol–water partition coefficient (Wildman–Crippen LogP) is 10.5. The van der Waals surface area contributed by atoms with Gasteiger partial charge in [0.1, 0.15) is 5.84 Å². The van der Waals surface area contributed by atoms with Crippen molar-refractivity contribution in [1.82, 2.24) is 0 Å². The number of hydrogen-bond donors (Lipinski definition) is 1. The van der Waals surface area contributed by atoms with Crippen LogP contribution in [-0.2, 0) is 12.8 Å². The highest BCUT2D eigenvalue weighted by Gasteiger charge is 2.35. The molecule has 0 aliphatic heterocycles. The van der Waals surface area contributed by atoms with Crippen molar-refractivity contribution in [2.24, 2.45) is 10.7 Å². The fraction of sp³-hybridized carbons (Fsp3) is 0.119. The van der Waals surface area contributed by atoms with Gasteiger partial charge in [-0.2, -0.15) is 0 Å². The van der Waals surface area contributed by atoms with E-state index in [-0.39, 0.29) is 0 Å². The minimum Gasteiger partial charge on any atom is -0.384 e. The molecule has 2 nitrogen and oxygen atoms in total. The summed E-state index contributed by atoms with van der Waals surface area (Å²) in [4.78, 5) is 9.57. The van der Waals surface area contributed by atoms with Crippen molar-refractivity contribution in [3.63, 3.8) is 0 Å². The highest BCUT2D eigenvalue weighted by Crippen LogP contribution is 2.74. The van der Waals surface area contributed by atoms with Gasteiger partial charge >= 0.3 is 0 Å². The Hall–Kier alpha value is -4.86. The third-order valence-corrected chi connectivity index (χ3v) is 12.2. The average molecular weight is 607 g/mol. The lowest BCUT2D eigenvalue weighted by atomic mass is 10.1. The van der Waals surface area contributed by atoms with E-state index in [1.165, 1.54) is 41.8 Å². The summed E-state index contributed by atoms with van der Waals surface area (Å²) in [5, 5.41) is 0. The maximum Gasteiger partial charge on any atom is 0.125 e. The maximum absolute atomic E-state index is 6.11. The van der Waals surface area contributed by atoms with Crippen LogP contribution in [0.5, 0.6) is 0 Å². The molecule has 0 aliphatic carbocycles. The average Bonchev–Trinajstić information content (AvgIpc) is 3.11. The molecule has 6 rings (SSSR count). The molecule has 6 aromatic rings. The van der Waals surface area contributed by atoms with Gasteiger partial charge in [0.15, 0.2) is 0 Å². The Morgan fingerprint density at radius 2 is 1.02 bits per heavy atom. The van der Waals surface area contributed by atoms with E-state index in [4.69, 9.17) is 5.73 Å². The number of rotatable bonds is 8. The van der Waals surface area contributed by atoms with Crippen LogP contribution in [0.25, 0.3) is 0 Å². The standard InChI is InChI=1S/C29H30N2S.C13H12/c1-4-23-13-9-11-17-28(23)32(25-14-6-5-7-15-25,27-16-10-8-12-22(27)2)26-20-18-24(19-21-26)29(30)31-3;1-3-7-12(8-4-1)11-13-9-5-2-6-10-13/h5-21H,4H2,1-3H3,(H2,30,31);1-10H,11H2. The van der Waals surface area contributed by atoms with Crippen molar-refractivity contribution in [3.05, 3.63) is 192 Å². The lowest BCUT2D eigenvalue weighted by molar-refractivity contribution is 1.06. The van der Waals surface area contributed by atoms with Gasteiger partial charge < -0.3 is 5.73 Å². The second kappa shape index (κ2) is 15.2. The Labute approximate surface area is 270 Å². The third kappa shape index (κ3) is 7.11. The number of aliphatic imine (C=N–C) groups is 1. The van der Waals surface area contributed by atoms with Crippen LogP contribution in [0, 0.1) is 6.92 Å². The smallest absolute Gasteiger partial charge is 0.125 e. The number of benzene rings is 6. The predicted molar refractivity (Wildman–Crippen MR) is 193 cm³/mol. The lowest BCUT2D eigenvalue weighted by Gasteiger charge is -2.44. The Morgan fingerprint density at radius 1 is 0.556 bits per heavy atom. The largest absolute Gasteiger partial charge is 0.384 e. The molecule has 0 heterocycles. The van der Waals surface area contributed by atoms with Gasteiger partial charge in [0.05, 0.1) is 0 Å². The molecule has 0 fully saturated rings. The van der Waals surface area contributed by atoms with E-state index in [0.29, 0.717) is 5.84 Å². The molecule has 0 amide bonds. The van der Waals surface area contributed by atoms with Crippen LogP contribution in [0.3, 0.4) is 0 Å². The summed E-state index contributed by atoms with van der Waals surface area (Å²) in [7, 11) is 0.0152. The zero-order chi connectivity index (χ0) is 31.5. The summed E-state index contributed by atoms with van der Waals surface area (Å²) in [5.41, 5.74) is 12.5. The molecule has 45 heavy (non-hydrogen) atoms. The number of amidine groups is 1. The molecule has 0 aliphatic rings. The highest BCUT2D eigenvalue weighted by atomic mass is 32.3. The van der Waals surface area contributed by atoms with Crippen molar-refractivity contribution >= 4 is 15.9 Å². The minimum absolute atomic E-state index is 0.557. The molecule has 2 N–H and O–H groups in total. The van der Waals surface area contributed by atoms with Crippen molar-refractivity contribution in [1.29, 1.82) is 0 Å². The number of aryl methyl sites for hydroxylation is 2. The molecule has 0 radical (unpaired) electrons. The molecule has 3 heteroatoms. The third-order valence-electron chi connectivity index (χ3n) is 8.04. The maximum atomic E-state index is 6.11. The number of nitrogens with zero attached hydrogens (tertiary/aromatic N) is 1. The van der Waals surface area contributed by atoms with Gasteiger partial charge in [0, 0.05) is 32.2 Å². The van der Waals surface area contributed by atoms with Crippen LogP contribution >= 0.6 is 10.0 Å². The van der Waals surface area contributed by atoms with Crippen LogP contribution in [0.2, 0.25) is 0 Å². The van der Waals surface area contributed by atoms with E-state index in [0.717, 1.165) is 18.4 Å². The molecule has 0 bridgehead atoms. The molecule has 226 valence electrons. The number of hydrogen-bond acceptors (Lipinski definition) is 1. The molecular weight excluding hydrogens is 565 g/mol. The first-order valence-electron chi connectivity index (χ1n) is 15.5. The van der Waals surface area contributed by atoms with Gasteiger partial charge in [-0.15, -0.1) is 10.0 Å². The topological polar surface area (TPSA) is 38.4 Å².